The molecule has 2 heterocycles. The Balaban J connectivity index is 2.10. The van der Waals surface area contributed by atoms with Crippen LogP contribution in [0.15, 0.2) is 5.51 Å². The lowest BCUT2D eigenvalue weighted by Gasteiger charge is -2.43. The molecule has 2 rings (SSSR count). The Hall–Kier alpha value is -0.590. The van der Waals surface area contributed by atoms with E-state index in [4.69, 9.17) is 5.73 Å². The first kappa shape index (κ1) is 10.9. The van der Waals surface area contributed by atoms with E-state index in [1.807, 2.05) is 6.92 Å². The molecule has 1 atom stereocenters. The van der Waals surface area contributed by atoms with Gasteiger partial charge < -0.3 is 5.73 Å². The first-order valence-corrected chi connectivity index (χ1v) is 5.63. The van der Waals surface area contributed by atoms with Gasteiger partial charge in [-0.1, -0.05) is 0 Å². The average Bonchev–Trinajstić information content (AvgIpc) is 2.51. The Morgan fingerprint density at radius 3 is 2.73 bits per heavy atom. The SMILES string of the molecule is Cc1ncsc1C(CN)N1CC(F)(F)C1. The fourth-order valence-corrected chi connectivity index (χ4v) is 2.77. The van der Waals surface area contributed by atoms with Gasteiger partial charge in [-0.15, -0.1) is 11.3 Å². The van der Waals surface area contributed by atoms with Gasteiger partial charge in [0.05, 0.1) is 30.3 Å². The predicted octanol–water partition coefficient (Wildman–Crippen LogP) is 1.40. The van der Waals surface area contributed by atoms with Gasteiger partial charge in [0.15, 0.2) is 0 Å². The van der Waals surface area contributed by atoms with E-state index in [9.17, 15) is 8.78 Å². The highest BCUT2D eigenvalue weighted by atomic mass is 32.1. The number of aromatic nitrogens is 1. The standard InChI is InChI=1S/C9H13F2N3S/c1-6-8(15-5-13-6)7(2-12)14-3-9(10,11)4-14/h5,7H,2-4,12H2,1H3. The molecule has 0 saturated carbocycles. The molecule has 84 valence electrons. The molecule has 1 unspecified atom stereocenters. The van der Waals surface area contributed by atoms with Crippen LogP contribution >= 0.6 is 11.3 Å². The van der Waals surface area contributed by atoms with E-state index in [2.05, 4.69) is 4.98 Å². The molecular formula is C9H13F2N3S. The summed E-state index contributed by atoms with van der Waals surface area (Å²) >= 11 is 1.48. The molecule has 1 fully saturated rings. The van der Waals surface area contributed by atoms with Gasteiger partial charge in [-0.05, 0) is 6.92 Å². The third-order valence-corrected chi connectivity index (χ3v) is 3.65. The summed E-state index contributed by atoms with van der Waals surface area (Å²) in [6, 6.07) is -0.0999. The van der Waals surface area contributed by atoms with Gasteiger partial charge >= 0.3 is 0 Å². The first-order valence-electron chi connectivity index (χ1n) is 4.75. The Labute approximate surface area is 90.9 Å². The maximum Gasteiger partial charge on any atom is 0.272 e. The lowest BCUT2D eigenvalue weighted by molar-refractivity contribution is -0.145. The number of alkyl halides is 2. The summed E-state index contributed by atoms with van der Waals surface area (Å²) in [6.45, 7) is 1.87. The molecule has 1 aromatic rings. The Bertz CT molecular complexity index is 345. The average molecular weight is 233 g/mol. The maximum atomic E-state index is 12.7. The van der Waals surface area contributed by atoms with Crippen molar-refractivity contribution in [2.75, 3.05) is 19.6 Å². The van der Waals surface area contributed by atoms with Gasteiger partial charge in [0, 0.05) is 11.4 Å². The number of thiazole rings is 1. The van der Waals surface area contributed by atoms with Crippen LogP contribution in [0.3, 0.4) is 0 Å². The van der Waals surface area contributed by atoms with Gasteiger partial charge in [-0.2, -0.15) is 0 Å². The Morgan fingerprint density at radius 1 is 1.67 bits per heavy atom. The molecule has 1 aromatic heterocycles. The van der Waals surface area contributed by atoms with Crippen molar-refractivity contribution in [3.8, 4) is 0 Å². The zero-order valence-corrected chi connectivity index (χ0v) is 9.23. The molecule has 6 heteroatoms. The Kier molecular flexibility index (Phi) is 2.74. The molecule has 0 amide bonds. The monoisotopic (exact) mass is 233 g/mol. The third-order valence-electron chi connectivity index (χ3n) is 2.62. The highest BCUT2D eigenvalue weighted by Crippen LogP contribution is 2.36. The van der Waals surface area contributed by atoms with E-state index < -0.39 is 5.92 Å². The number of nitrogens with two attached hydrogens (primary N) is 1. The number of likely N-dealkylation sites (tertiary alicyclic amines) is 1. The number of rotatable bonds is 3. The summed E-state index contributed by atoms with van der Waals surface area (Å²) in [6.07, 6.45) is 0. The van der Waals surface area contributed by atoms with Gasteiger partial charge in [-0.25, -0.2) is 13.8 Å². The van der Waals surface area contributed by atoms with E-state index in [-0.39, 0.29) is 19.1 Å². The molecule has 0 spiro atoms. The summed E-state index contributed by atoms with van der Waals surface area (Å²) in [5.74, 6) is -2.54. The van der Waals surface area contributed by atoms with E-state index in [0.717, 1.165) is 10.6 Å². The minimum absolute atomic E-state index is 0.0999. The molecule has 1 aliphatic rings. The second-order valence-corrected chi connectivity index (χ2v) is 4.70. The number of nitrogens with zero attached hydrogens (tertiary/aromatic N) is 2. The third kappa shape index (κ3) is 2.02. The summed E-state index contributed by atoms with van der Waals surface area (Å²) in [7, 11) is 0. The lowest BCUT2D eigenvalue weighted by atomic mass is 10.0. The fraction of sp³-hybridized carbons (Fsp3) is 0.667. The van der Waals surface area contributed by atoms with Gasteiger partial charge in [0.2, 0.25) is 0 Å². The van der Waals surface area contributed by atoms with Crippen molar-refractivity contribution in [3.05, 3.63) is 16.1 Å². The van der Waals surface area contributed by atoms with Gasteiger partial charge in [0.1, 0.15) is 0 Å². The summed E-state index contributed by atoms with van der Waals surface area (Å²) in [5, 5.41) is 0. The van der Waals surface area contributed by atoms with E-state index in [1.165, 1.54) is 11.3 Å². The molecule has 0 aromatic carbocycles. The zero-order chi connectivity index (χ0) is 11.1. The molecule has 15 heavy (non-hydrogen) atoms. The van der Waals surface area contributed by atoms with E-state index >= 15 is 0 Å². The second-order valence-electron chi connectivity index (χ2n) is 3.81. The number of hydrogen-bond donors (Lipinski definition) is 1. The molecule has 1 saturated heterocycles. The second kappa shape index (κ2) is 3.77. The topological polar surface area (TPSA) is 42.1 Å². The van der Waals surface area contributed by atoms with Crippen molar-refractivity contribution in [2.24, 2.45) is 5.73 Å². The summed E-state index contributed by atoms with van der Waals surface area (Å²) < 4.78 is 25.5. The van der Waals surface area contributed by atoms with Crippen molar-refractivity contribution in [1.82, 2.24) is 9.88 Å². The van der Waals surface area contributed by atoms with E-state index in [1.54, 1.807) is 10.4 Å². The van der Waals surface area contributed by atoms with Crippen molar-refractivity contribution in [3.63, 3.8) is 0 Å². The van der Waals surface area contributed by atoms with Crippen LogP contribution in [0.25, 0.3) is 0 Å². The van der Waals surface area contributed by atoms with Crippen molar-refractivity contribution >= 4 is 11.3 Å². The number of halogens is 2. The molecule has 2 N–H and O–H groups in total. The maximum absolute atomic E-state index is 12.7. The number of aryl methyl sites for hydroxylation is 1. The van der Waals surface area contributed by atoms with Crippen LogP contribution < -0.4 is 5.73 Å². The fourth-order valence-electron chi connectivity index (χ4n) is 1.82. The quantitative estimate of drug-likeness (QED) is 0.858. The molecule has 0 bridgehead atoms. The van der Waals surface area contributed by atoms with Crippen LogP contribution in [0, 0.1) is 6.92 Å². The first-order chi connectivity index (χ1) is 7.03. The van der Waals surface area contributed by atoms with Crippen LogP contribution in [-0.2, 0) is 0 Å². The van der Waals surface area contributed by atoms with Crippen molar-refractivity contribution < 1.29 is 8.78 Å². The van der Waals surface area contributed by atoms with Crippen molar-refractivity contribution in [2.45, 2.75) is 18.9 Å². The van der Waals surface area contributed by atoms with Crippen LogP contribution in [0.4, 0.5) is 8.78 Å². The minimum Gasteiger partial charge on any atom is -0.329 e. The van der Waals surface area contributed by atoms with Gasteiger partial charge in [0.25, 0.3) is 5.92 Å². The van der Waals surface area contributed by atoms with E-state index in [0.29, 0.717) is 6.54 Å². The normalized spacial score (nSPS) is 22.4. The van der Waals surface area contributed by atoms with Gasteiger partial charge in [-0.3, -0.25) is 4.90 Å². The smallest absolute Gasteiger partial charge is 0.272 e. The van der Waals surface area contributed by atoms with Crippen LogP contribution in [0.1, 0.15) is 16.6 Å². The highest BCUT2D eigenvalue weighted by molar-refractivity contribution is 7.09. The van der Waals surface area contributed by atoms with Crippen LogP contribution in [0.2, 0.25) is 0 Å². The van der Waals surface area contributed by atoms with Crippen molar-refractivity contribution in [1.29, 1.82) is 0 Å². The van der Waals surface area contributed by atoms with Crippen LogP contribution in [0.5, 0.6) is 0 Å². The lowest BCUT2D eigenvalue weighted by Crippen LogP contribution is -2.58. The largest absolute Gasteiger partial charge is 0.329 e. The zero-order valence-electron chi connectivity index (χ0n) is 8.41. The summed E-state index contributed by atoms with van der Waals surface area (Å²) in [5.41, 5.74) is 8.25. The predicted molar refractivity (Wildman–Crippen MR) is 55.2 cm³/mol. The summed E-state index contributed by atoms with van der Waals surface area (Å²) in [4.78, 5) is 6.83. The molecule has 3 nitrogen and oxygen atoms in total. The highest BCUT2D eigenvalue weighted by Gasteiger charge is 2.47. The Morgan fingerprint density at radius 2 is 2.33 bits per heavy atom. The molecule has 1 aliphatic heterocycles. The molecule has 0 aliphatic carbocycles. The molecular weight excluding hydrogens is 220 g/mol. The number of hydrogen-bond acceptors (Lipinski definition) is 4. The molecule has 0 radical (unpaired) electrons. The van der Waals surface area contributed by atoms with Crippen LogP contribution in [-0.4, -0.2) is 35.4 Å². The minimum atomic E-state index is -2.54.